The molecule has 0 aromatic heterocycles. The average Bonchev–Trinajstić information content (AvgIpc) is 2.84. The molecule has 1 fully saturated rings. The number of nitrogens with one attached hydrogen (secondary N) is 1. The summed E-state index contributed by atoms with van der Waals surface area (Å²) >= 11 is 1.43. The number of aromatic hydroxyl groups is 1. The number of benzene rings is 1. The Bertz CT molecular complexity index is 865. The van der Waals surface area contributed by atoms with Crippen LogP contribution in [0.25, 0.3) is 0 Å². The number of nitrogens with two attached hydrogens (primary N) is 1. The highest BCUT2D eigenvalue weighted by Crippen LogP contribution is 2.34. The Morgan fingerprint density at radius 1 is 1.36 bits per heavy atom. The molecule has 148 valence electrons. The number of allylic oxidation sites excluding steroid dienone is 2. The van der Waals surface area contributed by atoms with Gasteiger partial charge in [0.25, 0.3) is 5.91 Å². The van der Waals surface area contributed by atoms with Crippen molar-refractivity contribution in [3.63, 3.8) is 0 Å². The first-order chi connectivity index (χ1) is 13.3. The third-order valence-corrected chi connectivity index (χ3v) is 6.02. The standard InChI is InChI=1S/C19H21N3O5S/c1-2-3-11-9-28-13-8-22(16(11)19(26)27)18(25)15(13)21-17(24)14(20)10-4-6-12(23)7-5-10/h2-7,13-15,23H,8-9,20H2,1H3,(H,21,24)(H,26,27)/b3-2+/t13-,14-,15+/m1/s1. The lowest BCUT2D eigenvalue weighted by Gasteiger charge is -2.23. The molecule has 0 saturated carbocycles. The van der Waals surface area contributed by atoms with E-state index in [9.17, 15) is 24.6 Å². The predicted molar refractivity (Wildman–Crippen MR) is 104 cm³/mol. The van der Waals surface area contributed by atoms with Gasteiger partial charge in [-0.15, -0.1) is 11.8 Å². The molecule has 2 aliphatic rings. The summed E-state index contributed by atoms with van der Waals surface area (Å²) in [5, 5.41) is 21.3. The molecule has 28 heavy (non-hydrogen) atoms. The van der Waals surface area contributed by atoms with Crippen LogP contribution in [0, 0.1) is 0 Å². The molecule has 5 N–H and O–H groups in total. The maximum absolute atomic E-state index is 12.8. The van der Waals surface area contributed by atoms with Crippen molar-refractivity contribution in [2.45, 2.75) is 24.3 Å². The van der Waals surface area contributed by atoms with Gasteiger partial charge in [0.15, 0.2) is 0 Å². The van der Waals surface area contributed by atoms with Gasteiger partial charge in [0.1, 0.15) is 23.5 Å². The van der Waals surface area contributed by atoms with Crippen LogP contribution in [0.2, 0.25) is 0 Å². The van der Waals surface area contributed by atoms with Crippen LogP contribution in [-0.2, 0) is 14.4 Å². The maximum atomic E-state index is 12.8. The summed E-state index contributed by atoms with van der Waals surface area (Å²) in [4.78, 5) is 38.4. The predicted octanol–water partition coefficient (Wildman–Crippen LogP) is 0.749. The summed E-state index contributed by atoms with van der Waals surface area (Å²) in [6.07, 6.45) is 3.43. The zero-order chi connectivity index (χ0) is 20.4. The van der Waals surface area contributed by atoms with Crippen molar-refractivity contribution in [3.8, 4) is 5.75 Å². The van der Waals surface area contributed by atoms with Gasteiger partial charge < -0.3 is 26.2 Å². The van der Waals surface area contributed by atoms with Crippen LogP contribution in [0.3, 0.4) is 0 Å². The van der Waals surface area contributed by atoms with E-state index in [1.807, 2.05) is 0 Å². The Hall–Kier alpha value is -2.78. The molecule has 0 unspecified atom stereocenters. The van der Waals surface area contributed by atoms with Crippen LogP contribution in [0.15, 0.2) is 47.7 Å². The molecule has 1 saturated heterocycles. The fourth-order valence-corrected chi connectivity index (χ4v) is 4.56. The van der Waals surface area contributed by atoms with Gasteiger partial charge in [0.05, 0.1) is 5.25 Å². The van der Waals surface area contributed by atoms with Gasteiger partial charge in [-0.05, 0) is 30.2 Å². The molecule has 1 aromatic carbocycles. The minimum Gasteiger partial charge on any atom is -0.508 e. The number of phenolic OH excluding ortho intramolecular Hbond substituents is 1. The van der Waals surface area contributed by atoms with Gasteiger partial charge >= 0.3 is 5.97 Å². The van der Waals surface area contributed by atoms with Crippen LogP contribution in [0.5, 0.6) is 5.75 Å². The minimum absolute atomic E-state index is 0.0438. The van der Waals surface area contributed by atoms with Crippen molar-refractivity contribution < 1.29 is 24.6 Å². The van der Waals surface area contributed by atoms with Gasteiger partial charge in [-0.1, -0.05) is 24.3 Å². The lowest BCUT2D eigenvalue weighted by Crippen LogP contribution is -2.48. The highest BCUT2D eigenvalue weighted by Gasteiger charge is 2.47. The monoisotopic (exact) mass is 403 g/mol. The molecule has 8 nitrogen and oxygen atoms in total. The first-order valence-corrected chi connectivity index (χ1v) is 9.75. The quantitative estimate of drug-likeness (QED) is 0.570. The summed E-state index contributed by atoms with van der Waals surface area (Å²) in [5.41, 5.74) is 7.00. The number of aliphatic carboxylic acids is 1. The van der Waals surface area contributed by atoms with Crippen LogP contribution in [0.4, 0.5) is 0 Å². The second-order valence-electron chi connectivity index (χ2n) is 6.53. The number of amides is 2. The van der Waals surface area contributed by atoms with E-state index >= 15 is 0 Å². The Morgan fingerprint density at radius 2 is 2.04 bits per heavy atom. The fourth-order valence-electron chi connectivity index (χ4n) is 3.30. The Balaban J connectivity index is 1.80. The van der Waals surface area contributed by atoms with Crippen LogP contribution >= 0.6 is 11.8 Å². The molecule has 2 aliphatic heterocycles. The molecule has 3 rings (SSSR count). The first-order valence-electron chi connectivity index (χ1n) is 8.70. The van der Waals surface area contributed by atoms with E-state index in [0.29, 0.717) is 16.9 Å². The summed E-state index contributed by atoms with van der Waals surface area (Å²) < 4.78 is 0. The zero-order valence-electron chi connectivity index (χ0n) is 15.2. The van der Waals surface area contributed by atoms with Crippen molar-refractivity contribution >= 4 is 29.5 Å². The molecule has 9 heteroatoms. The van der Waals surface area contributed by atoms with E-state index in [-0.39, 0.29) is 23.2 Å². The average molecular weight is 403 g/mol. The molecule has 3 atom stereocenters. The number of phenols is 1. The second-order valence-corrected chi connectivity index (χ2v) is 7.76. The van der Waals surface area contributed by atoms with Crippen molar-refractivity contribution in [2.24, 2.45) is 5.73 Å². The molecule has 0 radical (unpaired) electrons. The summed E-state index contributed by atoms with van der Waals surface area (Å²) in [6, 6.07) is 4.06. The van der Waals surface area contributed by atoms with E-state index in [4.69, 9.17) is 5.73 Å². The highest BCUT2D eigenvalue weighted by molar-refractivity contribution is 8.00. The number of thioether (sulfide) groups is 1. The van der Waals surface area contributed by atoms with E-state index in [1.165, 1.54) is 40.9 Å². The maximum Gasteiger partial charge on any atom is 0.352 e. The molecule has 0 spiro atoms. The van der Waals surface area contributed by atoms with Crippen LogP contribution in [-0.4, -0.2) is 56.5 Å². The van der Waals surface area contributed by atoms with Crippen molar-refractivity contribution in [1.29, 1.82) is 0 Å². The summed E-state index contributed by atoms with van der Waals surface area (Å²) in [5.74, 6) is -1.68. The molecular formula is C19H21N3O5S. The first kappa shape index (κ1) is 20.0. The number of hydrogen-bond donors (Lipinski definition) is 4. The molecule has 1 aromatic rings. The number of carboxylic acid groups (broad SMARTS) is 1. The van der Waals surface area contributed by atoms with Crippen molar-refractivity contribution in [2.75, 3.05) is 12.3 Å². The van der Waals surface area contributed by atoms with Gasteiger partial charge in [0, 0.05) is 12.3 Å². The third-order valence-electron chi connectivity index (χ3n) is 4.70. The summed E-state index contributed by atoms with van der Waals surface area (Å²) in [6.45, 7) is 2.00. The number of carbonyl (C=O) groups excluding carboxylic acids is 2. The van der Waals surface area contributed by atoms with Gasteiger partial charge in [-0.3, -0.25) is 9.59 Å². The SMILES string of the molecule is C/C=C/C1=C(C(=O)O)N2C[C@@H](SC1)[C@H](NC(=O)[C@H](N)c1ccc(O)cc1)C2=O. The largest absolute Gasteiger partial charge is 0.508 e. The topological polar surface area (TPSA) is 133 Å². The lowest BCUT2D eigenvalue weighted by atomic mass is 10.1. The fraction of sp³-hybridized carbons (Fsp3) is 0.316. The molecule has 2 bridgehead atoms. The highest BCUT2D eigenvalue weighted by atomic mass is 32.2. The number of nitrogens with zero attached hydrogens (tertiary/aromatic N) is 1. The number of carbonyl (C=O) groups is 3. The Kier molecular flexibility index (Phi) is 5.76. The van der Waals surface area contributed by atoms with Gasteiger partial charge in [-0.2, -0.15) is 0 Å². The smallest absolute Gasteiger partial charge is 0.352 e. The molecule has 2 heterocycles. The third kappa shape index (κ3) is 3.76. The van der Waals surface area contributed by atoms with Crippen LogP contribution < -0.4 is 11.1 Å². The van der Waals surface area contributed by atoms with E-state index in [0.717, 1.165) is 0 Å². The minimum atomic E-state index is -1.17. The normalized spacial score (nSPS) is 23.1. The van der Waals surface area contributed by atoms with E-state index in [2.05, 4.69) is 5.32 Å². The number of rotatable bonds is 5. The second kappa shape index (κ2) is 8.07. The number of fused-ring (bicyclic) bond motifs is 2. The number of hydrogen-bond acceptors (Lipinski definition) is 6. The molecule has 2 amide bonds. The Labute approximate surface area is 166 Å². The van der Waals surface area contributed by atoms with Crippen molar-refractivity contribution in [3.05, 3.63) is 53.3 Å². The zero-order valence-corrected chi connectivity index (χ0v) is 16.0. The van der Waals surface area contributed by atoms with Crippen LogP contribution in [0.1, 0.15) is 18.5 Å². The van der Waals surface area contributed by atoms with E-state index in [1.54, 1.807) is 19.1 Å². The van der Waals surface area contributed by atoms with Gasteiger partial charge in [-0.25, -0.2) is 4.79 Å². The van der Waals surface area contributed by atoms with Gasteiger partial charge in [0.2, 0.25) is 5.91 Å². The molecular weight excluding hydrogens is 382 g/mol. The number of carboxylic acids is 1. The van der Waals surface area contributed by atoms with E-state index < -0.39 is 29.9 Å². The van der Waals surface area contributed by atoms with Crippen molar-refractivity contribution in [1.82, 2.24) is 10.2 Å². The lowest BCUT2D eigenvalue weighted by molar-refractivity contribution is -0.139. The summed E-state index contributed by atoms with van der Waals surface area (Å²) in [7, 11) is 0. The Morgan fingerprint density at radius 3 is 2.64 bits per heavy atom. The molecule has 0 aliphatic carbocycles.